The molecule has 0 bridgehead atoms. The molecule has 1 saturated carbocycles. The Balaban J connectivity index is 2.22. The first-order chi connectivity index (χ1) is 23.5. The van der Waals surface area contributed by atoms with Crippen molar-refractivity contribution in [2.45, 2.75) is 103 Å². The van der Waals surface area contributed by atoms with E-state index in [9.17, 15) is 33.6 Å². The largest absolute Gasteiger partial charge is 0.467 e. The Bertz CT molecular complexity index is 1360. The number of aliphatic hydroxyl groups is 1. The van der Waals surface area contributed by atoms with E-state index in [2.05, 4.69) is 26.6 Å². The lowest BCUT2D eigenvalue weighted by Crippen LogP contribution is -2.57. The third-order valence-electron chi connectivity index (χ3n) is 8.86. The number of esters is 1. The van der Waals surface area contributed by atoms with Crippen LogP contribution in [0.2, 0.25) is 0 Å². The fraction of sp³-hybridized carbons (Fsp3) is 0.629. The summed E-state index contributed by atoms with van der Waals surface area (Å²) in [7, 11) is 1.23. The van der Waals surface area contributed by atoms with Crippen molar-refractivity contribution in [1.29, 1.82) is 0 Å². The van der Waals surface area contributed by atoms with Crippen molar-refractivity contribution in [3.05, 3.63) is 35.9 Å². The van der Waals surface area contributed by atoms with Gasteiger partial charge in [0.25, 0.3) is 0 Å². The molecule has 1 fully saturated rings. The van der Waals surface area contributed by atoms with Crippen molar-refractivity contribution in [1.82, 2.24) is 26.6 Å². The number of carbonyl (C=O) groups is 7. The minimum atomic E-state index is -1.21. The lowest BCUT2D eigenvalue weighted by Gasteiger charge is -2.29. The molecule has 5 amide bonds. The second-order valence-electron chi connectivity index (χ2n) is 13.5. The normalized spacial score (nSPS) is 19.3. The van der Waals surface area contributed by atoms with E-state index in [0.29, 0.717) is 19.3 Å². The minimum absolute atomic E-state index is 0.129. The molecule has 0 saturated heterocycles. The molecule has 15 nitrogen and oxygen atoms in total. The van der Waals surface area contributed by atoms with Crippen molar-refractivity contribution in [3.63, 3.8) is 0 Å². The molecule has 0 heterocycles. The van der Waals surface area contributed by atoms with Gasteiger partial charge in [-0.3, -0.25) is 28.8 Å². The molecule has 8 atom stereocenters. The molecule has 278 valence electrons. The number of hydrogen-bond donors (Lipinski definition) is 7. The van der Waals surface area contributed by atoms with Gasteiger partial charge in [0.15, 0.2) is 5.78 Å². The van der Waals surface area contributed by atoms with Gasteiger partial charge in [-0.15, -0.1) is 0 Å². The molecule has 15 heteroatoms. The predicted molar refractivity (Wildman–Crippen MR) is 184 cm³/mol. The minimum Gasteiger partial charge on any atom is -0.467 e. The third-order valence-corrected chi connectivity index (χ3v) is 8.86. The Morgan fingerprint density at radius 3 is 1.82 bits per heavy atom. The summed E-state index contributed by atoms with van der Waals surface area (Å²) in [5, 5.41) is 22.2. The number of hydrogen-bond acceptors (Lipinski definition) is 10. The first kappa shape index (κ1) is 41.8. The fourth-order valence-electron chi connectivity index (χ4n) is 5.78. The van der Waals surface area contributed by atoms with Gasteiger partial charge in [-0.2, -0.15) is 0 Å². The highest BCUT2D eigenvalue weighted by atomic mass is 16.5. The third kappa shape index (κ3) is 11.9. The van der Waals surface area contributed by atoms with Crippen LogP contribution in [0.1, 0.15) is 66.4 Å². The molecule has 50 heavy (non-hydrogen) atoms. The second-order valence-corrected chi connectivity index (χ2v) is 13.5. The molecule has 0 aromatic heterocycles. The maximum Gasteiger partial charge on any atom is 0.328 e. The zero-order valence-corrected chi connectivity index (χ0v) is 30.0. The highest BCUT2D eigenvalue weighted by molar-refractivity contribution is 5.98. The fourth-order valence-corrected chi connectivity index (χ4v) is 5.78. The summed E-state index contributed by atoms with van der Waals surface area (Å²) in [6.45, 7) is 9.25. The van der Waals surface area contributed by atoms with Gasteiger partial charge in [0.2, 0.25) is 29.5 Å². The van der Waals surface area contributed by atoms with Gasteiger partial charge in [-0.05, 0) is 50.5 Å². The van der Waals surface area contributed by atoms with Crippen LogP contribution >= 0.6 is 0 Å². The molecule has 1 aliphatic carbocycles. The van der Waals surface area contributed by atoms with Crippen LogP contribution in [0.15, 0.2) is 30.3 Å². The summed E-state index contributed by atoms with van der Waals surface area (Å²) in [5.41, 5.74) is 6.25. The topological polar surface area (TPSA) is 235 Å². The van der Waals surface area contributed by atoms with Crippen LogP contribution in [0.3, 0.4) is 0 Å². The number of aliphatic hydroxyl groups excluding tert-OH is 1. The van der Waals surface area contributed by atoms with Gasteiger partial charge in [-0.1, -0.05) is 64.4 Å². The Morgan fingerprint density at radius 2 is 1.28 bits per heavy atom. The summed E-state index contributed by atoms with van der Waals surface area (Å²) in [5.74, 6) is -6.18. The zero-order chi connectivity index (χ0) is 37.7. The predicted octanol–water partition coefficient (Wildman–Crippen LogP) is -0.517. The van der Waals surface area contributed by atoms with Crippen LogP contribution in [0.4, 0.5) is 0 Å². The van der Waals surface area contributed by atoms with E-state index in [1.807, 2.05) is 18.2 Å². The number of rotatable bonds is 18. The maximum atomic E-state index is 14.2. The first-order valence-corrected chi connectivity index (χ1v) is 17.1. The Labute approximate surface area is 293 Å². The van der Waals surface area contributed by atoms with E-state index < -0.39 is 90.2 Å². The monoisotopic (exact) mass is 702 g/mol. The number of Topliss-reactive ketones (excluding diaryl/α,β-unsaturated/α-hetero) is 1. The second kappa shape index (κ2) is 19.7. The number of carbonyl (C=O) groups excluding carboxylic acids is 7. The smallest absolute Gasteiger partial charge is 0.328 e. The Kier molecular flexibility index (Phi) is 16.5. The quantitative estimate of drug-likeness (QED) is 0.0968. The number of methoxy groups -OCH3 is 1. The van der Waals surface area contributed by atoms with Crippen LogP contribution in [0.5, 0.6) is 0 Å². The van der Waals surface area contributed by atoms with Gasteiger partial charge in [0.1, 0.15) is 30.2 Å². The van der Waals surface area contributed by atoms with Crippen LogP contribution in [0, 0.1) is 23.7 Å². The Morgan fingerprint density at radius 1 is 0.740 bits per heavy atom. The molecule has 0 radical (unpaired) electrons. The number of amides is 5. The number of ether oxygens (including phenoxy) is 1. The van der Waals surface area contributed by atoms with Crippen molar-refractivity contribution in [2.75, 3.05) is 13.7 Å². The van der Waals surface area contributed by atoms with Crippen molar-refractivity contribution < 1.29 is 43.4 Å². The number of nitrogens with two attached hydrogens (primary N) is 1. The van der Waals surface area contributed by atoms with E-state index in [4.69, 9.17) is 15.6 Å². The maximum absolute atomic E-state index is 14.2. The molecule has 0 spiro atoms. The van der Waals surface area contributed by atoms with E-state index in [-0.39, 0.29) is 24.0 Å². The van der Waals surface area contributed by atoms with Gasteiger partial charge >= 0.3 is 5.97 Å². The average Bonchev–Trinajstić information content (AvgIpc) is 3.58. The van der Waals surface area contributed by atoms with Crippen LogP contribution in [-0.2, 0) is 44.7 Å². The van der Waals surface area contributed by atoms with Gasteiger partial charge in [-0.25, -0.2) is 4.79 Å². The number of ketones is 1. The summed E-state index contributed by atoms with van der Waals surface area (Å²) in [6, 6.07) is 2.71. The van der Waals surface area contributed by atoms with Crippen molar-refractivity contribution in [2.24, 2.45) is 29.4 Å². The summed E-state index contributed by atoms with van der Waals surface area (Å²) in [6.07, 6.45) is 1.50. The number of nitrogens with one attached hydrogen (secondary N) is 5. The van der Waals surface area contributed by atoms with Gasteiger partial charge in [0, 0.05) is 11.8 Å². The van der Waals surface area contributed by atoms with E-state index in [1.54, 1.807) is 39.8 Å². The van der Waals surface area contributed by atoms with Crippen molar-refractivity contribution in [3.8, 4) is 0 Å². The van der Waals surface area contributed by atoms with E-state index in [0.717, 1.165) is 5.56 Å². The molecule has 0 aliphatic heterocycles. The molecule has 1 aliphatic rings. The highest BCUT2D eigenvalue weighted by Crippen LogP contribution is 2.34. The molecule has 1 aromatic rings. The van der Waals surface area contributed by atoms with E-state index >= 15 is 0 Å². The SMILES string of the molecule is COC(=O)C(NC(=O)C(NC(=O)C1CCCC1C(=O)C(Cc1ccccc1)NC(=O)C(C)NC(=O)C(C)NC(=O)C(N)CO)C(C)C)C(C)C. The molecule has 1 aromatic carbocycles. The lowest BCUT2D eigenvalue weighted by atomic mass is 9.85. The first-order valence-electron chi connectivity index (χ1n) is 17.1. The van der Waals surface area contributed by atoms with Gasteiger partial charge < -0.3 is 42.2 Å². The Hall–Kier alpha value is -4.37. The number of benzene rings is 1. The molecular weight excluding hydrogens is 648 g/mol. The van der Waals surface area contributed by atoms with E-state index in [1.165, 1.54) is 21.0 Å². The molecule has 8 N–H and O–H groups in total. The summed E-state index contributed by atoms with van der Waals surface area (Å²) >= 11 is 0. The van der Waals surface area contributed by atoms with Crippen LogP contribution < -0.4 is 32.3 Å². The highest BCUT2D eigenvalue weighted by Gasteiger charge is 2.42. The molecule has 2 rings (SSSR count). The van der Waals surface area contributed by atoms with Gasteiger partial charge in [0.05, 0.1) is 19.8 Å². The molecular formula is C35H54N6O9. The standard InChI is InChI=1S/C35H54N6O9/c1-18(2)27(34(48)41-28(19(3)4)35(49)50-7)40-32(46)24-15-11-14-23(24)29(43)26(16-22-12-9-8-10-13-22)39-31(45)21(6)37-30(44)20(5)38-33(47)25(36)17-42/h8-10,12-13,18-21,23-28,42H,11,14-17,36H2,1-7H3,(H,37,44)(H,38,47)(H,39,45)(H,40,46)(H,41,48). The van der Waals surface area contributed by atoms with Crippen LogP contribution in [0.25, 0.3) is 0 Å². The lowest BCUT2D eigenvalue weighted by molar-refractivity contribution is -0.147. The summed E-state index contributed by atoms with van der Waals surface area (Å²) in [4.78, 5) is 91.4. The zero-order valence-electron chi connectivity index (χ0n) is 30.0. The van der Waals surface area contributed by atoms with Crippen molar-refractivity contribution >= 4 is 41.3 Å². The molecule has 8 unspecified atom stereocenters. The average molecular weight is 703 g/mol. The van der Waals surface area contributed by atoms with Crippen LogP contribution in [-0.4, -0.2) is 96.4 Å². The summed E-state index contributed by atoms with van der Waals surface area (Å²) < 4.78 is 4.82.